The van der Waals surface area contributed by atoms with Crippen molar-refractivity contribution < 1.29 is 9.18 Å². The zero-order valence-electron chi connectivity index (χ0n) is 9.90. The van der Waals surface area contributed by atoms with Crippen LogP contribution in [0, 0.1) is 5.82 Å². The van der Waals surface area contributed by atoms with E-state index in [1.807, 2.05) is 0 Å². The zero-order valence-corrected chi connectivity index (χ0v) is 9.90. The van der Waals surface area contributed by atoms with Gasteiger partial charge in [0.15, 0.2) is 0 Å². The first kappa shape index (κ1) is 13.4. The first-order chi connectivity index (χ1) is 8.11. The monoisotopic (exact) mass is 236 g/mol. The molecule has 1 rings (SSSR count). The minimum atomic E-state index is -0.674. The number of rotatable bonds is 5. The van der Waals surface area contributed by atoms with Gasteiger partial charge in [0.05, 0.1) is 11.7 Å². The summed E-state index contributed by atoms with van der Waals surface area (Å²) in [6.07, 6.45) is 1.96. The predicted octanol–water partition coefficient (Wildman–Crippen LogP) is 2.08. The third-order valence-electron chi connectivity index (χ3n) is 2.46. The molecule has 1 aromatic carbocycles. The minimum Gasteiger partial charge on any atom is -0.320 e. The first-order valence-electron chi connectivity index (χ1n) is 5.54. The Morgan fingerprint density at radius 2 is 2.24 bits per heavy atom. The summed E-state index contributed by atoms with van der Waals surface area (Å²) >= 11 is 0. The number of carbonyl (C=O) groups excluding carboxylic acids is 1. The molecule has 0 spiro atoms. The quantitative estimate of drug-likeness (QED) is 0.796. The maximum Gasteiger partial charge on any atom is 0.244 e. The van der Waals surface area contributed by atoms with E-state index >= 15 is 0 Å². The highest BCUT2D eigenvalue weighted by Gasteiger charge is 2.21. The van der Waals surface area contributed by atoms with E-state index in [1.54, 1.807) is 31.2 Å². The van der Waals surface area contributed by atoms with Gasteiger partial charge in [-0.05, 0) is 25.5 Å². The van der Waals surface area contributed by atoms with Crippen LogP contribution in [0.4, 0.5) is 10.1 Å². The van der Waals surface area contributed by atoms with Crippen molar-refractivity contribution >= 4 is 11.6 Å². The van der Waals surface area contributed by atoms with E-state index in [-0.39, 0.29) is 11.6 Å². The summed E-state index contributed by atoms with van der Waals surface area (Å²) in [7, 11) is 0. The highest BCUT2D eigenvalue weighted by atomic mass is 19.1. The van der Waals surface area contributed by atoms with Gasteiger partial charge >= 0.3 is 0 Å². The summed E-state index contributed by atoms with van der Waals surface area (Å²) in [4.78, 5) is 13.4. The van der Waals surface area contributed by atoms with Crippen molar-refractivity contribution in [2.75, 3.05) is 11.4 Å². The fourth-order valence-electron chi connectivity index (χ4n) is 1.60. The Kier molecular flexibility index (Phi) is 4.84. The van der Waals surface area contributed by atoms with E-state index in [2.05, 4.69) is 6.58 Å². The van der Waals surface area contributed by atoms with Crippen molar-refractivity contribution in [3.8, 4) is 0 Å². The van der Waals surface area contributed by atoms with Gasteiger partial charge in [0, 0.05) is 6.54 Å². The molecule has 0 saturated heterocycles. The molecule has 1 atom stereocenters. The van der Waals surface area contributed by atoms with Crippen LogP contribution in [0.1, 0.15) is 13.3 Å². The summed E-state index contributed by atoms with van der Waals surface area (Å²) in [6, 6.07) is 5.49. The molecule has 3 nitrogen and oxygen atoms in total. The Balaban J connectivity index is 2.96. The van der Waals surface area contributed by atoms with Gasteiger partial charge in [-0.3, -0.25) is 4.79 Å². The summed E-state index contributed by atoms with van der Waals surface area (Å²) < 4.78 is 13.6. The molecular weight excluding hydrogens is 219 g/mol. The van der Waals surface area contributed by atoms with Crippen LogP contribution in [0.15, 0.2) is 36.9 Å². The average molecular weight is 236 g/mol. The van der Waals surface area contributed by atoms with Crippen LogP contribution < -0.4 is 10.6 Å². The number of likely N-dealkylation sites (N-methyl/N-ethyl adjacent to an activating group) is 1. The Hall–Kier alpha value is -1.68. The average Bonchev–Trinajstić information content (AvgIpc) is 2.32. The summed E-state index contributed by atoms with van der Waals surface area (Å²) in [6.45, 7) is 5.70. The number of benzene rings is 1. The highest BCUT2D eigenvalue weighted by molar-refractivity contribution is 5.97. The normalized spacial score (nSPS) is 11.9. The molecule has 92 valence electrons. The van der Waals surface area contributed by atoms with Gasteiger partial charge in [-0.25, -0.2) is 4.39 Å². The van der Waals surface area contributed by atoms with Crippen molar-refractivity contribution in [2.24, 2.45) is 5.73 Å². The van der Waals surface area contributed by atoms with E-state index < -0.39 is 11.9 Å². The molecular formula is C13H17FN2O. The van der Waals surface area contributed by atoms with Gasteiger partial charge in [0.25, 0.3) is 0 Å². The van der Waals surface area contributed by atoms with Gasteiger partial charge in [-0.2, -0.15) is 0 Å². The van der Waals surface area contributed by atoms with Crippen molar-refractivity contribution in [1.29, 1.82) is 0 Å². The third-order valence-corrected chi connectivity index (χ3v) is 2.46. The topological polar surface area (TPSA) is 46.3 Å². The molecule has 1 aromatic rings. The van der Waals surface area contributed by atoms with Crippen LogP contribution in [0.2, 0.25) is 0 Å². The smallest absolute Gasteiger partial charge is 0.244 e. The Labute approximate surface area is 101 Å². The van der Waals surface area contributed by atoms with E-state index in [4.69, 9.17) is 5.73 Å². The van der Waals surface area contributed by atoms with Gasteiger partial charge < -0.3 is 10.6 Å². The van der Waals surface area contributed by atoms with Gasteiger partial charge in [-0.1, -0.05) is 18.2 Å². The fourth-order valence-corrected chi connectivity index (χ4v) is 1.60. The van der Waals surface area contributed by atoms with Crippen molar-refractivity contribution in [1.82, 2.24) is 0 Å². The molecule has 0 saturated carbocycles. The SMILES string of the molecule is C=CCC(N)C(=O)N(CC)c1ccccc1F. The Bertz CT molecular complexity index is 406. The lowest BCUT2D eigenvalue weighted by molar-refractivity contribution is -0.119. The van der Waals surface area contributed by atoms with E-state index in [9.17, 15) is 9.18 Å². The molecule has 0 aliphatic rings. The van der Waals surface area contributed by atoms with Crippen molar-refractivity contribution in [3.63, 3.8) is 0 Å². The second kappa shape index (κ2) is 6.15. The number of hydrogen-bond acceptors (Lipinski definition) is 2. The standard InChI is InChI=1S/C13H17FN2O/c1-3-7-11(15)13(17)16(4-2)12-9-6-5-8-10(12)14/h3,5-6,8-9,11H,1,4,7,15H2,2H3. The van der Waals surface area contributed by atoms with Crippen LogP contribution in [0.3, 0.4) is 0 Å². The number of anilines is 1. The fraction of sp³-hybridized carbons (Fsp3) is 0.308. The Morgan fingerprint density at radius 3 is 2.76 bits per heavy atom. The number of nitrogens with two attached hydrogens (primary N) is 1. The second-order valence-electron chi connectivity index (χ2n) is 3.66. The highest BCUT2D eigenvalue weighted by Crippen LogP contribution is 2.19. The maximum absolute atomic E-state index is 13.6. The van der Waals surface area contributed by atoms with Crippen LogP contribution >= 0.6 is 0 Å². The molecule has 1 unspecified atom stereocenters. The van der Waals surface area contributed by atoms with E-state index in [0.29, 0.717) is 13.0 Å². The lowest BCUT2D eigenvalue weighted by Crippen LogP contribution is -2.44. The first-order valence-corrected chi connectivity index (χ1v) is 5.54. The molecule has 0 aromatic heterocycles. The molecule has 0 bridgehead atoms. The third kappa shape index (κ3) is 3.14. The van der Waals surface area contributed by atoms with Gasteiger partial charge in [0.1, 0.15) is 5.82 Å². The second-order valence-corrected chi connectivity index (χ2v) is 3.66. The molecule has 0 aliphatic heterocycles. The van der Waals surface area contributed by atoms with Crippen molar-refractivity contribution in [2.45, 2.75) is 19.4 Å². The summed E-state index contributed by atoms with van der Waals surface area (Å²) in [5.74, 6) is -0.717. The van der Waals surface area contributed by atoms with Crippen LogP contribution in [-0.2, 0) is 4.79 Å². The summed E-state index contributed by atoms with van der Waals surface area (Å²) in [5.41, 5.74) is 5.97. The van der Waals surface area contributed by atoms with Crippen LogP contribution in [0.25, 0.3) is 0 Å². The molecule has 0 radical (unpaired) electrons. The van der Waals surface area contributed by atoms with Gasteiger partial charge in [0.2, 0.25) is 5.91 Å². The molecule has 0 heterocycles. The number of carbonyl (C=O) groups is 1. The lowest BCUT2D eigenvalue weighted by Gasteiger charge is -2.24. The van der Waals surface area contributed by atoms with Gasteiger partial charge in [-0.15, -0.1) is 6.58 Å². The van der Waals surface area contributed by atoms with Crippen LogP contribution in [0.5, 0.6) is 0 Å². The predicted molar refractivity (Wildman–Crippen MR) is 67.2 cm³/mol. The minimum absolute atomic E-state index is 0.263. The number of nitrogens with zero attached hydrogens (tertiary/aromatic N) is 1. The molecule has 0 fully saturated rings. The number of hydrogen-bond donors (Lipinski definition) is 1. The van der Waals surface area contributed by atoms with Crippen LogP contribution in [-0.4, -0.2) is 18.5 Å². The Morgan fingerprint density at radius 1 is 1.59 bits per heavy atom. The van der Waals surface area contributed by atoms with Crippen molar-refractivity contribution in [3.05, 3.63) is 42.7 Å². The van der Waals surface area contributed by atoms with E-state index in [1.165, 1.54) is 11.0 Å². The maximum atomic E-state index is 13.6. The number of para-hydroxylation sites is 1. The molecule has 17 heavy (non-hydrogen) atoms. The summed E-state index contributed by atoms with van der Waals surface area (Å²) in [5, 5.41) is 0. The molecule has 0 aliphatic carbocycles. The number of halogens is 1. The molecule has 4 heteroatoms. The lowest BCUT2D eigenvalue weighted by atomic mass is 10.1. The largest absolute Gasteiger partial charge is 0.320 e. The number of amides is 1. The molecule has 2 N–H and O–H groups in total. The van der Waals surface area contributed by atoms with E-state index in [0.717, 1.165) is 0 Å². The zero-order chi connectivity index (χ0) is 12.8. The molecule has 1 amide bonds.